The van der Waals surface area contributed by atoms with Gasteiger partial charge >= 0.3 is 0 Å². The maximum Gasteiger partial charge on any atom is 0.224 e. The number of nitrogens with two attached hydrogens (primary N) is 1. The molecule has 1 aromatic carbocycles. The Kier molecular flexibility index (Phi) is 6.21. The van der Waals surface area contributed by atoms with Crippen molar-refractivity contribution in [2.45, 2.75) is 51.6 Å². The molecule has 3 N–H and O–H groups in total. The number of carbonyl (C=O) groups excluding carboxylic acids is 1. The number of likely N-dealkylation sites (tertiary alicyclic amines) is 1. The predicted molar refractivity (Wildman–Crippen MR) is 87.1 cm³/mol. The van der Waals surface area contributed by atoms with Crippen molar-refractivity contribution in [2.24, 2.45) is 5.73 Å². The highest BCUT2D eigenvalue weighted by molar-refractivity contribution is 5.90. The van der Waals surface area contributed by atoms with Gasteiger partial charge < -0.3 is 11.1 Å². The maximum absolute atomic E-state index is 11.8. The summed E-state index contributed by atoms with van der Waals surface area (Å²) in [6.45, 7) is 5.40. The van der Waals surface area contributed by atoms with Crippen molar-refractivity contribution in [1.29, 1.82) is 0 Å². The summed E-state index contributed by atoms with van der Waals surface area (Å²) in [4.78, 5) is 14.3. The summed E-state index contributed by atoms with van der Waals surface area (Å²) in [5.74, 6) is 0.0722. The maximum atomic E-state index is 11.8. The number of benzene rings is 1. The Bertz CT molecular complexity index is 436. The average molecular weight is 289 g/mol. The van der Waals surface area contributed by atoms with E-state index in [1.54, 1.807) is 0 Å². The van der Waals surface area contributed by atoms with E-state index >= 15 is 0 Å². The van der Waals surface area contributed by atoms with Gasteiger partial charge in [-0.15, -0.1) is 0 Å². The topological polar surface area (TPSA) is 58.4 Å². The first-order chi connectivity index (χ1) is 10.1. The van der Waals surface area contributed by atoms with Crippen molar-refractivity contribution in [1.82, 2.24) is 4.90 Å². The van der Waals surface area contributed by atoms with Crippen LogP contribution < -0.4 is 11.1 Å². The molecule has 1 unspecified atom stereocenters. The largest absolute Gasteiger partial charge is 0.328 e. The molecule has 1 saturated heterocycles. The Morgan fingerprint density at radius 2 is 1.95 bits per heavy atom. The van der Waals surface area contributed by atoms with Crippen LogP contribution in [0, 0.1) is 0 Å². The van der Waals surface area contributed by atoms with Gasteiger partial charge in [0.05, 0.1) is 0 Å². The third-order valence-electron chi connectivity index (χ3n) is 3.91. The van der Waals surface area contributed by atoms with Gasteiger partial charge in [-0.1, -0.05) is 12.1 Å². The van der Waals surface area contributed by atoms with Crippen LogP contribution in [-0.4, -0.2) is 29.9 Å². The summed E-state index contributed by atoms with van der Waals surface area (Å²) in [5.41, 5.74) is 7.87. The summed E-state index contributed by atoms with van der Waals surface area (Å²) in [5, 5.41) is 2.94. The number of nitrogens with one attached hydrogen (secondary N) is 1. The van der Waals surface area contributed by atoms with Gasteiger partial charge in [-0.05, 0) is 63.4 Å². The Balaban J connectivity index is 1.74. The summed E-state index contributed by atoms with van der Waals surface area (Å²) in [6, 6.07) is 8.37. The number of rotatable bonds is 7. The zero-order valence-electron chi connectivity index (χ0n) is 13.0. The van der Waals surface area contributed by atoms with Gasteiger partial charge in [-0.2, -0.15) is 0 Å². The molecule has 1 heterocycles. The van der Waals surface area contributed by atoms with Crippen molar-refractivity contribution in [3.8, 4) is 0 Å². The molecule has 1 aliphatic heterocycles. The lowest BCUT2D eigenvalue weighted by Gasteiger charge is -2.14. The molecule has 0 bridgehead atoms. The van der Waals surface area contributed by atoms with E-state index in [0.29, 0.717) is 6.42 Å². The number of hydrogen-bond donors (Lipinski definition) is 2. The van der Waals surface area contributed by atoms with Gasteiger partial charge in [0.15, 0.2) is 0 Å². The van der Waals surface area contributed by atoms with Crippen LogP contribution in [0.5, 0.6) is 0 Å². The van der Waals surface area contributed by atoms with E-state index < -0.39 is 0 Å². The van der Waals surface area contributed by atoms with Crippen LogP contribution in [0.3, 0.4) is 0 Å². The van der Waals surface area contributed by atoms with E-state index in [4.69, 9.17) is 5.73 Å². The molecule has 1 fully saturated rings. The normalized spacial score (nSPS) is 16.9. The van der Waals surface area contributed by atoms with E-state index in [-0.39, 0.29) is 11.9 Å². The fourth-order valence-electron chi connectivity index (χ4n) is 2.70. The standard InChI is InChI=1S/C17H27N3O/c1-14(18)5-4-6-17(21)19-16-9-7-15(8-10-16)13-20-11-2-3-12-20/h7-10,14H,2-6,11-13,18H2,1H3,(H,19,21). The molecule has 1 aliphatic rings. The highest BCUT2D eigenvalue weighted by Gasteiger charge is 2.11. The van der Waals surface area contributed by atoms with Crippen molar-refractivity contribution < 1.29 is 4.79 Å². The molecule has 0 saturated carbocycles. The van der Waals surface area contributed by atoms with Gasteiger partial charge in [0.1, 0.15) is 0 Å². The lowest BCUT2D eigenvalue weighted by atomic mass is 10.1. The molecule has 0 aliphatic carbocycles. The third-order valence-corrected chi connectivity index (χ3v) is 3.91. The Morgan fingerprint density at radius 3 is 2.57 bits per heavy atom. The molecule has 1 aromatic rings. The minimum atomic E-state index is 0.0722. The molecule has 1 atom stereocenters. The van der Waals surface area contributed by atoms with E-state index in [2.05, 4.69) is 22.3 Å². The van der Waals surface area contributed by atoms with E-state index in [1.807, 2.05) is 19.1 Å². The fraction of sp³-hybridized carbons (Fsp3) is 0.588. The smallest absolute Gasteiger partial charge is 0.224 e. The predicted octanol–water partition coefficient (Wildman–Crippen LogP) is 2.74. The number of amides is 1. The van der Waals surface area contributed by atoms with Crippen LogP contribution in [0.1, 0.15) is 44.6 Å². The first-order valence-electron chi connectivity index (χ1n) is 8.00. The van der Waals surface area contributed by atoms with Crippen LogP contribution in [0.2, 0.25) is 0 Å². The summed E-state index contributed by atoms with van der Waals surface area (Å²) in [7, 11) is 0. The molecule has 4 nitrogen and oxygen atoms in total. The molecule has 2 rings (SSSR count). The van der Waals surface area contributed by atoms with E-state index in [0.717, 1.165) is 25.1 Å². The quantitative estimate of drug-likeness (QED) is 0.811. The molecule has 4 heteroatoms. The van der Waals surface area contributed by atoms with Gasteiger partial charge in [-0.25, -0.2) is 0 Å². The van der Waals surface area contributed by atoms with Crippen LogP contribution in [-0.2, 0) is 11.3 Å². The molecule has 1 amide bonds. The van der Waals surface area contributed by atoms with Crippen molar-refractivity contribution in [3.05, 3.63) is 29.8 Å². The fourth-order valence-corrected chi connectivity index (χ4v) is 2.70. The lowest BCUT2D eigenvalue weighted by molar-refractivity contribution is -0.116. The van der Waals surface area contributed by atoms with Crippen molar-refractivity contribution >= 4 is 11.6 Å². The second-order valence-corrected chi connectivity index (χ2v) is 6.10. The highest BCUT2D eigenvalue weighted by Crippen LogP contribution is 2.15. The second kappa shape index (κ2) is 8.15. The first kappa shape index (κ1) is 16.0. The minimum absolute atomic E-state index is 0.0722. The Morgan fingerprint density at radius 1 is 1.29 bits per heavy atom. The Labute approximate surface area is 127 Å². The number of nitrogens with zero attached hydrogens (tertiary/aromatic N) is 1. The van der Waals surface area contributed by atoms with Gasteiger partial charge in [-0.3, -0.25) is 9.69 Å². The number of hydrogen-bond acceptors (Lipinski definition) is 3. The van der Waals surface area contributed by atoms with Crippen LogP contribution >= 0.6 is 0 Å². The monoisotopic (exact) mass is 289 g/mol. The van der Waals surface area contributed by atoms with Crippen molar-refractivity contribution in [2.75, 3.05) is 18.4 Å². The van der Waals surface area contributed by atoms with Crippen LogP contribution in [0.25, 0.3) is 0 Å². The first-order valence-corrected chi connectivity index (χ1v) is 8.00. The molecule has 0 spiro atoms. The van der Waals surface area contributed by atoms with Crippen LogP contribution in [0.4, 0.5) is 5.69 Å². The van der Waals surface area contributed by atoms with Gasteiger partial charge in [0.25, 0.3) is 0 Å². The number of carbonyl (C=O) groups is 1. The second-order valence-electron chi connectivity index (χ2n) is 6.10. The van der Waals surface area contributed by atoms with Crippen LogP contribution in [0.15, 0.2) is 24.3 Å². The van der Waals surface area contributed by atoms with Gasteiger partial charge in [0.2, 0.25) is 5.91 Å². The summed E-state index contributed by atoms with van der Waals surface area (Å²) in [6.07, 6.45) is 4.90. The summed E-state index contributed by atoms with van der Waals surface area (Å²) >= 11 is 0. The SMILES string of the molecule is CC(N)CCCC(=O)Nc1ccc(CN2CCCC2)cc1. The molecular weight excluding hydrogens is 262 g/mol. The third kappa shape index (κ3) is 5.86. The lowest BCUT2D eigenvalue weighted by Crippen LogP contribution is -2.18. The van der Waals surface area contributed by atoms with Gasteiger partial charge in [0, 0.05) is 24.7 Å². The summed E-state index contributed by atoms with van der Waals surface area (Å²) < 4.78 is 0. The molecule has 116 valence electrons. The molecule has 0 radical (unpaired) electrons. The van der Waals surface area contributed by atoms with E-state index in [9.17, 15) is 4.79 Å². The minimum Gasteiger partial charge on any atom is -0.328 e. The highest BCUT2D eigenvalue weighted by atomic mass is 16.1. The average Bonchev–Trinajstić information content (AvgIpc) is 2.93. The molecule has 0 aromatic heterocycles. The zero-order valence-corrected chi connectivity index (χ0v) is 13.0. The molecular formula is C17H27N3O. The van der Waals surface area contributed by atoms with E-state index in [1.165, 1.54) is 31.5 Å². The Hall–Kier alpha value is -1.39. The number of anilines is 1. The zero-order chi connectivity index (χ0) is 15.1. The van der Waals surface area contributed by atoms with Crippen molar-refractivity contribution in [3.63, 3.8) is 0 Å². The molecule has 21 heavy (non-hydrogen) atoms.